The lowest BCUT2D eigenvalue weighted by molar-refractivity contribution is -0.116. The predicted molar refractivity (Wildman–Crippen MR) is 92.9 cm³/mol. The average molecular weight is 342 g/mol. The van der Waals surface area contributed by atoms with E-state index in [1.165, 1.54) is 0 Å². The number of nitrogens with zero attached hydrogens (tertiary/aromatic N) is 2. The van der Waals surface area contributed by atoms with Crippen molar-refractivity contribution in [2.24, 2.45) is 0 Å². The van der Waals surface area contributed by atoms with Crippen molar-refractivity contribution in [3.8, 4) is 11.5 Å². The highest BCUT2D eigenvalue weighted by molar-refractivity contribution is 6.30. The van der Waals surface area contributed by atoms with Gasteiger partial charge in [0.2, 0.25) is 17.7 Å². The van der Waals surface area contributed by atoms with E-state index in [4.69, 9.17) is 16.0 Å². The third kappa shape index (κ3) is 4.00. The standard InChI is InChI=1S/C18H16ClN3O2/c1-12-11-14(19)7-8-15(12)20-16(23)9-10-17-21-22-18(24-17)13-5-3-2-4-6-13/h2-8,11H,9-10H2,1H3,(H,20,23). The van der Waals surface area contributed by atoms with Crippen molar-refractivity contribution in [1.29, 1.82) is 0 Å². The molecule has 0 fully saturated rings. The molecule has 0 radical (unpaired) electrons. The summed E-state index contributed by atoms with van der Waals surface area (Å²) in [7, 11) is 0. The molecule has 0 saturated carbocycles. The molecule has 2 aromatic carbocycles. The molecule has 6 heteroatoms. The maximum Gasteiger partial charge on any atom is 0.247 e. The number of hydrogen-bond acceptors (Lipinski definition) is 4. The number of anilines is 1. The Hall–Kier alpha value is -2.66. The van der Waals surface area contributed by atoms with Crippen LogP contribution < -0.4 is 5.32 Å². The lowest BCUT2D eigenvalue weighted by Crippen LogP contribution is -2.13. The third-order valence-corrected chi connectivity index (χ3v) is 3.75. The van der Waals surface area contributed by atoms with Crippen molar-refractivity contribution < 1.29 is 9.21 Å². The van der Waals surface area contributed by atoms with Gasteiger partial charge in [-0.3, -0.25) is 4.79 Å². The summed E-state index contributed by atoms with van der Waals surface area (Å²) in [6.45, 7) is 1.89. The molecule has 0 bridgehead atoms. The van der Waals surface area contributed by atoms with Crippen LogP contribution in [0.15, 0.2) is 52.9 Å². The zero-order valence-corrected chi connectivity index (χ0v) is 13.9. The summed E-state index contributed by atoms with van der Waals surface area (Å²) in [5.41, 5.74) is 2.53. The summed E-state index contributed by atoms with van der Waals surface area (Å²) in [5, 5.41) is 11.5. The summed E-state index contributed by atoms with van der Waals surface area (Å²) in [4.78, 5) is 12.1. The minimum atomic E-state index is -0.111. The van der Waals surface area contributed by atoms with Gasteiger partial charge < -0.3 is 9.73 Å². The van der Waals surface area contributed by atoms with E-state index in [1.807, 2.05) is 37.3 Å². The molecule has 0 aliphatic carbocycles. The van der Waals surface area contributed by atoms with E-state index in [-0.39, 0.29) is 12.3 Å². The van der Waals surface area contributed by atoms with Crippen LogP contribution in [-0.2, 0) is 11.2 Å². The molecule has 0 spiro atoms. The number of nitrogens with one attached hydrogen (secondary N) is 1. The van der Waals surface area contributed by atoms with Crippen molar-refractivity contribution in [1.82, 2.24) is 10.2 Å². The van der Waals surface area contributed by atoms with Gasteiger partial charge in [0.05, 0.1) is 0 Å². The molecular weight excluding hydrogens is 326 g/mol. The van der Waals surface area contributed by atoms with Gasteiger partial charge in [-0.05, 0) is 42.8 Å². The molecule has 0 aliphatic heterocycles. The summed E-state index contributed by atoms with van der Waals surface area (Å²) in [6.07, 6.45) is 0.650. The van der Waals surface area contributed by atoms with Gasteiger partial charge in [-0.2, -0.15) is 0 Å². The minimum absolute atomic E-state index is 0.111. The van der Waals surface area contributed by atoms with Crippen LogP contribution >= 0.6 is 11.6 Å². The molecule has 1 heterocycles. The van der Waals surface area contributed by atoms with Gasteiger partial charge in [-0.25, -0.2) is 0 Å². The van der Waals surface area contributed by atoms with E-state index < -0.39 is 0 Å². The highest BCUT2D eigenvalue weighted by atomic mass is 35.5. The quantitative estimate of drug-likeness (QED) is 0.752. The lowest BCUT2D eigenvalue weighted by Gasteiger charge is -2.07. The summed E-state index contributed by atoms with van der Waals surface area (Å²) < 4.78 is 5.59. The van der Waals surface area contributed by atoms with E-state index in [0.717, 1.165) is 16.8 Å². The van der Waals surface area contributed by atoms with E-state index in [0.29, 0.717) is 23.2 Å². The van der Waals surface area contributed by atoms with Crippen molar-refractivity contribution in [3.05, 3.63) is 65.0 Å². The molecule has 1 aromatic heterocycles. The Morgan fingerprint density at radius 2 is 1.96 bits per heavy atom. The van der Waals surface area contributed by atoms with Crippen LogP contribution in [0.4, 0.5) is 5.69 Å². The van der Waals surface area contributed by atoms with Gasteiger partial charge in [0, 0.05) is 29.1 Å². The first-order valence-corrected chi connectivity index (χ1v) is 7.93. The second kappa shape index (κ2) is 7.27. The maximum absolute atomic E-state index is 12.1. The number of aromatic nitrogens is 2. The molecule has 24 heavy (non-hydrogen) atoms. The molecule has 1 N–H and O–H groups in total. The molecule has 122 valence electrons. The minimum Gasteiger partial charge on any atom is -0.421 e. The Kier molecular flexibility index (Phi) is 4.91. The Balaban J connectivity index is 1.58. The zero-order chi connectivity index (χ0) is 16.9. The van der Waals surface area contributed by atoms with Gasteiger partial charge in [0.25, 0.3) is 0 Å². The molecule has 5 nitrogen and oxygen atoms in total. The molecule has 0 aliphatic rings. The summed E-state index contributed by atoms with van der Waals surface area (Å²) in [5.74, 6) is 0.788. The number of rotatable bonds is 5. The number of amides is 1. The topological polar surface area (TPSA) is 68.0 Å². The lowest BCUT2D eigenvalue weighted by atomic mass is 10.2. The Labute approximate surface area is 144 Å². The predicted octanol–water partition coefficient (Wildman–Crippen LogP) is 4.27. The van der Waals surface area contributed by atoms with Crippen molar-refractivity contribution >= 4 is 23.2 Å². The largest absolute Gasteiger partial charge is 0.421 e. The molecule has 0 atom stereocenters. The first-order valence-electron chi connectivity index (χ1n) is 7.55. The van der Waals surface area contributed by atoms with Crippen LogP contribution in [0.25, 0.3) is 11.5 Å². The van der Waals surface area contributed by atoms with Gasteiger partial charge >= 0.3 is 0 Å². The number of carbonyl (C=O) groups excluding carboxylic acids is 1. The van der Waals surface area contributed by atoms with Crippen LogP contribution in [0.1, 0.15) is 17.9 Å². The fourth-order valence-electron chi connectivity index (χ4n) is 2.25. The first-order chi connectivity index (χ1) is 11.6. The maximum atomic E-state index is 12.1. The number of benzene rings is 2. The Morgan fingerprint density at radius 1 is 1.17 bits per heavy atom. The normalized spacial score (nSPS) is 10.6. The van der Waals surface area contributed by atoms with Crippen LogP contribution in [0.5, 0.6) is 0 Å². The number of hydrogen-bond donors (Lipinski definition) is 1. The van der Waals surface area contributed by atoms with Gasteiger partial charge in [-0.1, -0.05) is 29.8 Å². The number of aryl methyl sites for hydroxylation is 2. The van der Waals surface area contributed by atoms with Crippen LogP contribution in [0.3, 0.4) is 0 Å². The average Bonchev–Trinajstić information content (AvgIpc) is 3.05. The molecule has 1 amide bonds. The zero-order valence-electron chi connectivity index (χ0n) is 13.1. The number of halogens is 1. The second-order valence-corrected chi connectivity index (χ2v) is 5.81. The highest BCUT2D eigenvalue weighted by Crippen LogP contribution is 2.20. The van der Waals surface area contributed by atoms with Crippen molar-refractivity contribution in [2.45, 2.75) is 19.8 Å². The van der Waals surface area contributed by atoms with Gasteiger partial charge in [-0.15, -0.1) is 10.2 Å². The summed E-state index contributed by atoms with van der Waals surface area (Å²) in [6, 6.07) is 14.9. The van der Waals surface area contributed by atoms with E-state index in [1.54, 1.807) is 18.2 Å². The smallest absolute Gasteiger partial charge is 0.247 e. The van der Waals surface area contributed by atoms with Gasteiger partial charge in [0.1, 0.15) is 0 Å². The molecule has 3 aromatic rings. The fraction of sp³-hybridized carbons (Fsp3) is 0.167. The Bertz CT molecular complexity index is 846. The van der Waals surface area contributed by atoms with Gasteiger partial charge in [0.15, 0.2) is 0 Å². The second-order valence-electron chi connectivity index (χ2n) is 5.37. The fourth-order valence-corrected chi connectivity index (χ4v) is 2.48. The van der Waals surface area contributed by atoms with E-state index in [2.05, 4.69) is 15.5 Å². The Morgan fingerprint density at radius 3 is 2.71 bits per heavy atom. The third-order valence-electron chi connectivity index (χ3n) is 3.52. The van der Waals surface area contributed by atoms with Crippen LogP contribution in [-0.4, -0.2) is 16.1 Å². The molecule has 0 saturated heterocycles. The first kappa shape index (κ1) is 16.2. The van der Waals surface area contributed by atoms with Crippen LogP contribution in [0.2, 0.25) is 5.02 Å². The molecular formula is C18H16ClN3O2. The molecule has 3 rings (SSSR count). The van der Waals surface area contributed by atoms with Crippen molar-refractivity contribution in [3.63, 3.8) is 0 Å². The number of carbonyl (C=O) groups is 1. The molecule has 0 unspecified atom stereocenters. The monoisotopic (exact) mass is 341 g/mol. The van der Waals surface area contributed by atoms with E-state index in [9.17, 15) is 4.79 Å². The summed E-state index contributed by atoms with van der Waals surface area (Å²) >= 11 is 5.91. The van der Waals surface area contributed by atoms with Crippen LogP contribution in [0, 0.1) is 6.92 Å². The van der Waals surface area contributed by atoms with Crippen molar-refractivity contribution in [2.75, 3.05) is 5.32 Å². The SMILES string of the molecule is Cc1cc(Cl)ccc1NC(=O)CCc1nnc(-c2ccccc2)o1. The van der Waals surface area contributed by atoms with E-state index >= 15 is 0 Å². The highest BCUT2D eigenvalue weighted by Gasteiger charge is 2.11.